The van der Waals surface area contributed by atoms with Gasteiger partial charge in [0.2, 0.25) is 0 Å². The van der Waals surface area contributed by atoms with Crippen LogP contribution in [0.5, 0.6) is 0 Å². The van der Waals surface area contributed by atoms with Gasteiger partial charge in [-0.1, -0.05) is 39.7 Å². The van der Waals surface area contributed by atoms with E-state index in [9.17, 15) is 0 Å². The Morgan fingerprint density at radius 2 is 1.47 bits per heavy atom. The SMILES string of the molecule is C=C[C@H]1O[C@@H]1[C@@H]1OC2(CCCCC2)O[C@@H]1[C@@H](O[Si](CC)(CC)CC)[C@H]1COC2(CCCCC2)O1. The molecule has 2 aliphatic carbocycles. The van der Waals surface area contributed by atoms with Crippen molar-refractivity contribution in [2.45, 2.75) is 151 Å². The quantitative estimate of drug-likeness (QED) is 0.228. The standard InChI is InChI=1S/C27H46O6Si/c1-5-20-22(29-20)24-25(32-27(31-24)17-13-10-14-18-27)23(33-34(6-2,7-3)8-4)21-19-28-26(30-21)15-11-9-12-16-26/h5,20-25H,1,6-19H2,2-4H3/t20-,21-,22+,23+,24+,25-/m1/s1. The minimum atomic E-state index is -1.94. The minimum Gasteiger partial charge on any atom is -0.408 e. The fourth-order valence-electron chi connectivity index (χ4n) is 6.82. The van der Waals surface area contributed by atoms with Gasteiger partial charge in [-0.15, -0.1) is 6.58 Å². The highest BCUT2D eigenvalue weighted by Crippen LogP contribution is 2.49. The average Bonchev–Trinajstić information content (AvgIpc) is 3.44. The lowest BCUT2D eigenvalue weighted by molar-refractivity contribution is -0.215. The molecule has 7 heteroatoms. The molecule has 0 aromatic heterocycles. The molecule has 0 radical (unpaired) electrons. The van der Waals surface area contributed by atoms with Gasteiger partial charge in [0.25, 0.3) is 0 Å². The van der Waals surface area contributed by atoms with E-state index in [4.69, 9.17) is 28.1 Å². The van der Waals surface area contributed by atoms with Crippen molar-refractivity contribution >= 4 is 8.32 Å². The lowest BCUT2D eigenvalue weighted by atomic mass is 9.94. The van der Waals surface area contributed by atoms with Gasteiger partial charge in [-0.2, -0.15) is 0 Å². The van der Waals surface area contributed by atoms with Gasteiger partial charge in [-0.25, -0.2) is 0 Å². The second-order valence-corrected chi connectivity index (χ2v) is 15.9. The molecule has 2 saturated carbocycles. The predicted molar refractivity (Wildman–Crippen MR) is 133 cm³/mol. The van der Waals surface area contributed by atoms with E-state index < -0.39 is 19.9 Å². The van der Waals surface area contributed by atoms with Crippen LogP contribution in [0.3, 0.4) is 0 Å². The van der Waals surface area contributed by atoms with Crippen LogP contribution in [-0.2, 0) is 28.1 Å². The first-order valence-corrected chi connectivity index (χ1v) is 16.7. The second-order valence-electron chi connectivity index (χ2n) is 11.2. The van der Waals surface area contributed by atoms with Crippen LogP contribution in [0, 0.1) is 0 Å². The van der Waals surface area contributed by atoms with E-state index in [2.05, 4.69) is 27.4 Å². The van der Waals surface area contributed by atoms with E-state index in [1.807, 2.05) is 6.08 Å². The molecule has 0 amide bonds. The van der Waals surface area contributed by atoms with Crippen LogP contribution in [0.1, 0.15) is 85.0 Å². The van der Waals surface area contributed by atoms with Gasteiger partial charge in [0.1, 0.15) is 36.6 Å². The van der Waals surface area contributed by atoms with Gasteiger partial charge < -0.3 is 28.1 Å². The van der Waals surface area contributed by atoms with E-state index in [1.165, 1.54) is 25.7 Å². The molecule has 5 rings (SSSR count). The topological polar surface area (TPSA) is 58.7 Å². The van der Waals surface area contributed by atoms with E-state index in [1.54, 1.807) is 0 Å². The smallest absolute Gasteiger partial charge is 0.192 e. The van der Waals surface area contributed by atoms with Crippen molar-refractivity contribution in [1.82, 2.24) is 0 Å². The summed E-state index contributed by atoms with van der Waals surface area (Å²) >= 11 is 0. The average molecular weight is 495 g/mol. The van der Waals surface area contributed by atoms with Crippen molar-refractivity contribution in [3.8, 4) is 0 Å². The third-order valence-corrected chi connectivity index (χ3v) is 13.9. The van der Waals surface area contributed by atoms with Crippen molar-refractivity contribution in [2.75, 3.05) is 6.61 Å². The predicted octanol–water partition coefficient (Wildman–Crippen LogP) is 5.85. The molecule has 34 heavy (non-hydrogen) atoms. The zero-order chi connectivity index (χ0) is 23.8. The first-order chi connectivity index (χ1) is 16.5. The summed E-state index contributed by atoms with van der Waals surface area (Å²) in [4.78, 5) is 0. The van der Waals surface area contributed by atoms with Crippen molar-refractivity contribution in [1.29, 1.82) is 0 Å². The highest BCUT2D eigenvalue weighted by atomic mass is 28.4. The second kappa shape index (κ2) is 10.2. The maximum Gasteiger partial charge on any atom is 0.192 e. The minimum absolute atomic E-state index is 0.0122. The summed E-state index contributed by atoms with van der Waals surface area (Å²) in [6.45, 7) is 11.4. The summed E-state index contributed by atoms with van der Waals surface area (Å²) in [5, 5.41) is 0. The van der Waals surface area contributed by atoms with Crippen molar-refractivity contribution in [3.63, 3.8) is 0 Å². The highest BCUT2D eigenvalue weighted by Gasteiger charge is 2.62. The van der Waals surface area contributed by atoms with Crippen molar-refractivity contribution in [3.05, 3.63) is 12.7 Å². The molecule has 3 saturated heterocycles. The van der Waals surface area contributed by atoms with Gasteiger partial charge in [-0.05, 0) is 43.8 Å². The summed E-state index contributed by atoms with van der Waals surface area (Å²) in [6, 6.07) is 3.27. The monoisotopic (exact) mass is 494 g/mol. The molecular weight excluding hydrogens is 448 g/mol. The van der Waals surface area contributed by atoms with E-state index in [0.29, 0.717) is 6.61 Å². The Morgan fingerprint density at radius 1 is 0.853 bits per heavy atom. The van der Waals surface area contributed by atoms with Crippen molar-refractivity contribution in [2.24, 2.45) is 0 Å². The normalized spacial score (nSPS) is 37.8. The van der Waals surface area contributed by atoms with Crippen LogP contribution < -0.4 is 0 Å². The highest BCUT2D eigenvalue weighted by molar-refractivity contribution is 6.73. The molecule has 6 nitrogen and oxygen atoms in total. The Hall–Kier alpha value is -0.283. The molecule has 0 unspecified atom stereocenters. The number of hydrogen-bond acceptors (Lipinski definition) is 6. The van der Waals surface area contributed by atoms with Gasteiger partial charge in [0.15, 0.2) is 19.9 Å². The van der Waals surface area contributed by atoms with Crippen molar-refractivity contribution < 1.29 is 28.1 Å². The first-order valence-electron chi connectivity index (χ1n) is 14.1. The summed E-state index contributed by atoms with van der Waals surface area (Å²) in [7, 11) is -1.94. The molecule has 6 atom stereocenters. The van der Waals surface area contributed by atoms with Crippen LogP contribution in [-0.4, -0.2) is 63.1 Å². The number of epoxide rings is 1. The fraction of sp³-hybridized carbons (Fsp3) is 0.926. The van der Waals surface area contributed by atoms with Gasteiger partial charge in [0, 0.05) is 25.7 Å². The van der Waals surface area contributed by atoms with E-state index >= 15 is 0 Å². The lowest BCUT2D eigenvalue weighted by Gasteiger charge is -2.40. The van der Waals surface area contributed by atoms with E-state index in [-0.39, 0.29) is 36.6 Å². The fourth-order valence-corrected chi connectivity index (χ4v) is 9.68. The number of ether oxygens (including phenoxy) is 5. The molecule has 5 fully saturated rings. The molecule has 3 aliphatic heterocycles. The van der Waals surface area contributed by atoms with Crippen LogP contribution in [0.4, 0.5) is 0 Å². The van der Waals surface area contributed by atoms with Gasteiger partial charge >= 0.3 is 0 Å². The third kappa shape index (κ3) is 4.83. The summed E-state index contributed by atoms with van der Waals surface area (Å²) in [5.41, 5.74) is 0. The molecule has 194 valence electrons. The van der Waals surface area contributed by atoms with Crippen LogP contribution in [0.25, 0.3) is 0 Å². The molecular formula is C27H46O6Si. The summed E-state index contributed by atoms with van der Waals surface area (Å²) in [6.07, 6.45) is 12.2. The van der Waals surface area contributed by atoms with Gasteiger partial charge in [0.05, 0.1) is 6.61 Å². The number of hydrogen-bond donors (Lipinski definition) is 0. The third-order valence-electron chi connectivity index (χ3n) is 9.26. The van der Waals surface area contributed by atoms with Crippen LogP contribution in [0.15, 0.2) is 12.7 Å². The van der Waals surface area contributed by atoms with Crippen LogP contribution >= 0.6 is 0 Å². The molecule has 0 aromatic carbocycles. The molecule has 0 N–H and O–H groups in total. The van der Waals surface area contributed by atoms with Gasteiger partial charge in [-0.3, -0.25) is 0 Å². The summed E-state index contributed by atoms with van der Waals surface area (Å²) < 4.78 is 40.2. The number of rotatable bonds is 9. The summed E-state index contributed by atoms with van der Waals surface area (Å²) in [5.74, 6) is -0.944. The Balaban J connectivity index is 1.44. The molecule has 0 aromatic rings. The Labute approximate surface area is 207 Å². The molecule has 0 bridgehead atoms. The Bertz CT molecular complexity index is 691. The largest absolute Gasteiger partial charge is 0.408 e. The maximum absolute atomic E-state index is 7.25. The lowest BCUT2D eigenvalue weighted by Crippen LogP contribution is -2.54. The molecule has 5 aliphatic rings. The molecule has 2 spiro atoms. The Kier molecular flexibility index (Phi) is 7.63. The molecule has 3 heterocycles. The Morgan fingerprint density at radius 3 is 2.03 bits per heavy atom. The maximum atomic E-state index is 7.25. The zero-order valence-corrected chi connectivity index (χ0v) is 22.6. The van der Waals surface area contributed by atoms with E-state index in [0.717, 1.165) is 56.7 Å². The van der Waals surface area contributed by atoms with Crippen LogP contribution in [0.2, 0.25) is 18.1 Å². The zero-order valence-electron chi connectivity index (χ0n) is 21.6. The first kappa shape index (κ1) is 25.4.